The van der Waals surface area contributed by atoms with Crippen LogP contribution in [0.15, 0.2) is 29.4 Å². The second-order valence-corrected chi connectivity index (χ2v) is 8.46. The molecule has 0 atom stereocenters. The first-order chi connectivity index (χ1) is 11.2. The lowest BCUT2D eigenvalue weighted by molar-refractivity contribution is -0.207. The topological polar surface area (TPSA) is 88.2 Å². The molecular formula is C15H19F2N3O3S. The highest BCUT2D eigenvalue weighted by Crippen LogP contribution is 2.64. The number of carbonyl (C=O) groups excluding carboxylic acids is 1. The lowest BCUT2D eigenvalue weighted by atomic mass is 9.50. The van der Waals surface area contributed by atoms with Gasteiger partial charge in [-0.1, -0.05) is 0 Å². The van der Waals surface area contributed by atoms with Gasteiger partial charge in [-0.05, 0) is 30.4 Å². The first-order valence-corrected chi connectivity index (χ1v) is 9.25. The van der Waals surface area contributed by atoms with E-state index in [9.17, 15) is 22.0 Å². The number of sulfonamides is 1. The molecule has 6 nitrogen and oxygen atoms in total. The highest BCUT2D eigenvalue weighted by atomic mass is 32.2. The minimum Gasteiger partial charge on any atom is -0.355 e. The fraction of sp³-hybridized carbons (Fsp3) is 0.600. The van der Waals surface area contributed by atoms with Crippen molar-refractivity contribution in [2.24, 2.45) is 11.3 Å². The molecule has 1 amide bonds. The molecule has 3 rings (SSSR count). The number of pyridine rings is 1. The van der Waals surface area contributed by atoms with Crippen LogP contribution >= 0.6 is 0 Å². The SMILES string of the molecule is O=C(NCCNS(=O)(=O)c1cccnc1)C1CC2(C1)CC(F)(F)C2. The van der Waals surface area contributed by atoms with Crippen molar-refractivity contribution in [1.82, 2.24) is 15.0 Å². The molecule has 1 aromatic rings. The van der Waals surface area contributed by atoms with E-state index in [4.69, 9.17) is 0 Å². The van der Waals surface area contributed by atoms with Crippen molar-refractivity contribution in [1.29, 1.82) is 0 Å². The average molecular weight is 359 g/mol. The molecule has 2 saturated carbocycles. The Hall–Kier alpha value is -1.61. The van der Waals surface area contributed by atoms with Gasteiger partial charge in [-0.2, -0.15) is 0 Å². The normalized spacial score (nSPS) is 21.8. The number of alkyl halides is 2. The minimum atomic E-state index is -3.64. The fourth-order valence-electron chi connectivity index (χ4n) is 3.61. The molecule has 2 aliphatic rings. The van der Waals surface area contributed by atoms with Crippen LogP contribution in [0.2, 0.25) is 0 Å². The summed E-state index contributed by atoms with van der Waals surface area (Å²) in [5.41, 5.74) is -0.340. The summed E-state index contributed by atoms with van der Waals surface area (Å²) in [4.78, 5) is 15.7. The molecule has 24 heavy (non-hydrogen) atoms. The number of aromatic nitrogens is 1. The van der Waals surface area contributed by atoms with E-state index in [1.165, 1.54) is 24.5 Å². The van der Waals surface area contributed by atoms with Gasteiger partial charge in [-0.3, -0.25) is 9.78 Å². The first-order valence-electron chi connectivity index (χ1n) is 7.77. The maximum Gasteiger partial charge on any atom is 0.249 e. The van der Waals surface area contributed by atoms with Gasteiger partial charge < -0.3 is 5.32 Å². The Morgan fingerprint density at radius 1 is 1.29 bits per heavy atom. The summed E-state index contributed by atoms with van der Waals surface area (Å²) in [6.07, 6.45) is 3.47. The third kappa shape index (κ3) is 3.56. The molecule has 1 aromatic heterocycles. The summed E-state index contributed by atoms with van der Waals surface area (Å²) >= 11 is 0. The Kier molecular flexibility index (Phi) is 4.33. The summed E-state index contributed by atoms with van der Waals surface area (Å²) in [6, 6.07) is 2.95. The van der Waals surface area contributed by atoms with Crippen LogP contribution in [-0.2, 0) is 14.8 Å². The van der Waals surface area contributed by atoms with Gasteiger partial charge in [0.25, 0.3) is 0 Å². The third-order valence-electron chi connectivity index (χ3n) is 4.66. The van der Waals surface area contributed by atoms with E-state index < -0.39 is 15.9 Å². The van der Waals surface area contributed by atoms with Gasteiger partial charge in [-0.25, -0.2) is 21.9 Å². The average Bonchev–Trinajstić information content (AvgIpc) is 2.47. The van der Waals surface area contributed by atoms with Crippen molar-refractivity contribution >= 4 is 15.9 Å². The largest absolute Gasteiger partial charge is 0.355 e. The smallest absolute Gasteiger partial charge is 0.249 e. The van der Waals surface area contributed by atoms with E-state index >= 15 is 0 Å². The number of halogens is 2. The standard InChI is InChI=1S/C15H19F2N3O3S/c16-15(17)9-14(10-15)6-11(7-14)13(21)19-4-5-20-24(22,23)12-2-1-3-18-8-12/h1-3,8,11,20H,4-7,9-10H2,(H,19,21). The molecule has 0 radical (unpaired) electrons. The second-order valence-electron chi connectivity index (χ2n) is 6.69. The van der Waals surface area contributed by atoms with Gasteiger partial charge in [-0.15, -0.1) is 0 Å². The van der Waals surface area contributed by atoms with Crippen LogP contribution in [0, 0.1) is 11.3 Å². The van der Waals surface area contributed by atoms with E-state index in [-0.39, 0.29) is 48.1 Å². The monoisotopic (exact) mass is 359 g/mol. The van der Waals surface area contributed by atoms with Crippen molar-refractivity contribution in [2.75, 3.05) is 13.1 Å². The Bertz CT molecular complexity index is 709. The molecular weight excluding hydrogens is 340 g/mol. The zero-order valence-corrected chi connectivity index (χ0v) is 13.8. The van der Waals surface area contributed by atoms with Crippen LogP contribution in [0.3, 0.4) is 0 Å². The van der Waals surface area contributed by atoms with Crippen LogP contribution in [0.5, 0.6) is 0 Å². The predicted octanol–water partition coefficient (Wildman–Crippen LogP) is 1.30. The van der Waals surface area contributed by atoms with E-state index in [0.29, 0.717) is 12.8 Å². The van der Waals surface area contributed by atoms with Crippen molar-refractivity contribution in [3.05, 3.63) is 24.5 Å². The first kappa shape index (κ1) is 17.2. The highest BCUT2D eigenvalue weighted by Gasteiger charge is 2.62. The van der Waals surface area contributed by atoms with Gasteiger partial charge in [0.2, 0.25) is 21.9 Å². The van der Waals surface area contributed by atoms with Gasteiger partial charge in [0.15, 0.2) is 0 Å². The van der Waals surface area contributed by atoms with Gasteiger partial charge in [0.05, 0.1) is 0 Å². The summed E-state index contributed by atoms with van der Waals surface area (Å²) in [5.74, 6) is -3.00. The predicted molar refractivity (Wildman–Crippen MR) is 81.8 cm³/mol. The molecule has 2 N–H and O–H groups in total. The van der Waals surface area contributed by atoms with E-state index in [0.717, 1.165) is 0 Å². The van der Waals surface area contributed by atoms with Crippen molar-refractivity contribution in [3.8, 4) is 0 Å². The molecule has 0 saturated heterocycles. The van der Waals surface area contributed by atoms with Gasteiger partial charge in [0, 0.05) is 44.2 Å². The van der Waals surface area contributed by atoms with E-state index in [1.54, 1.807) is 0 Å². The molecule has 9 heteroatoms. The van der Waals surface area contributed by atoms with Crippen LogP contribution in [0.4, 0.5) is 8.78 Å². The lowest BCUT2D eigenvalue weighted by Crippen LogP contribution is -2.56. The van der Waals surface area contributed by atoms with Crippen molar-refractivity contribution in [2.45, 2.75) is 36.5 Å². The highest BCUT2D eigenvalue weighted by molar-refractivity contribution is 7.89. The van der Waals surface area contributed by atoms with Crippen LogP contribution in [0.25, 0.3) is 0 Å². The Morgan fingerprint density at radius 3 is 2.58 bits per heavy atom. The number of carbonyl (C=O) groups is 1. The second kappa shape index (κ2) is 6.03. The number of hydrogen-bond donors (Lipinski definition) is 2. The molecule has 0 aromatic carbocycles. The van der Waals surface area contributed by atoms with E-state index in [2.05, 4.69) is 15.0 Å². The maximum atomic E-state index is 12.9. The molecule has 1 heterocycles. The van der Waals surface area contributed by atoms with Crippen molar-refractivity contribution < 1.29 is 22.0 Å². The van der Waals surface area contributed by atoms with Crippen LogP contribution in [-0.4, -0.2) is 38.3 Å². The molecule has 0 unspecified atom stereocenters. The quantitative estimate of drug-likeness (QED) is 0.750. The molecule has 0 aliphatic heterocycles. The number of amides is 1. The van der Waals surface area contributed by atoms with Crippen LogP contribution < -0.4 is 10.0 Å². The molecule has 0 bridgehead atoms. The Labute approximate surface area is 139 Å². The Balaban J connectivity index is 1.36. The fourth-order valence-corrected chi connectivity index (χ4v) is 4.60. The number of nitrogens with zero attached hydrogens (tertiary/aromatic N) is 1. The van der Waals surface area contributed by atoms with E-state index in [1.807, 2.05) is 0 Å². The zero-order valence-electron chi connectivity index (χ0n) is 13.0. The summed E-state index contributed by atoms with van der Waals surface area (Å²) in [6.45, 7) is 0.205. The van der Waals surface area contributed by atoms with Crippen LogP contribution in [0.1, 0.15) is 25.7 Å². The molecule has 2 aliphatic carbocycles. The summed E-state index contributed by atoms with van der Waals surface area (Å²) < 4.78 is 52.1. The Morgan fingerprint density at radius 2 is 2.00 bits per heavy atom. The summed E-state index contributed by atoms with van der Waals surface area (Å²) in [5, 5.41) is 2.65. The van der Waals surface area contributed by atoms with Gasteiger partial charge >= 0.3 is 0 Å². The maximum absolute atomic E-state index is 12.9. The zero-order chi connectivity index (χ0) is 17.4. The number of rotatable bonds is 6. The molecule has 2 fully saturated rings. The van der Waals surface area contributed by atoms with Gasteiger partial charge in [0.1, 0.15) is 4.90 Å². The third-order valence-corrected chi connectivity index (χ3v) is 6.10. The molecule has 1 spiro atoms. The lowest BCUT2D eigenvalue weighted by Gasteiger charge is -2.56. The number of nitrogens with one attached hydrogen (secondary N) is 2. The van der Waals surface area contributed by atoms with Crippen molar-refractivity contribution in [3.63, 3.8) is 0 Å². The minimum absolute atomic E-state index is 0.0545. The number of hydrogen-bond acceptors (Lipinski definition) is 4. The summed E-state index contributed by atoms with van der Waals surface area (Å²) in [7, 11) is -3.64. The molecule has 132 valence electrons.